The number of ether oxygens (including phenoxy) is 1. The first-order valence-corrected chi connectivity index (χ1v) is 6.67. The van der Waals surface area contributed by atoms with Crippen LogP contribution in [0.4, 0.5) is 0 Å². The van der Waals surface area contributed by atoms with Gasteiger partial charge in [-0.2, -0.15) is 0 Å². The van der Waals surface area contributed by atoms with E-state index in [-0.39, 0.29) is 11.9 Å². The number of nitrogens with one attached hydrogen (secondary N) is 1. The highest BCUT2D eigenvalue weighted by Crippen LogP contribution is 2.14. The average molecular weight is 258 g/mol. The van der Waals surface area contributed by atoms with Crippen molar-refractivity contribution in [2.24, 2.45) is 11.7 Å². The fourth-order valence-corrected chi connectivity index (χ4v) is 1.77. The van der Waals surface area contributed by atoms with E-state index in [1.54, 1.807) is 0 Å². The predicted octanol–water partition coefficient (Wildman–Crippen LogP) is 1.21. The lowest BCUT2D eigenvalue weighted by atomic mass is 9.96. The van der Waals surface area contributed by atoms with Gasteiger partial charge >= 0.3 is 5.97 Å². The van der Waals surface area contributed by atoms with Gasteiger partial charge < -0.3 is 15.8 Å². The standard InChI is InChI=1S/C13H26N2O3/c1-3-11(8-9-14)6-7-12(16)15-10-4-5-13(17)18-2/h11H,3-10,14H2,1-2H3,(H,15,16). The van der Waals surface area contributed by atoms with Crippen LogP contribution in [-0.2, 0) is 14.3 Å². The second-order valence-electron chi connectivity index (χ2n) is 4.42. The molecule has 0 saturated carbocycles. The van der Waals surface area contributed by atoms with Crippen LogP contribution in [0.1, 0.15) is 45.4 Å². The highest BCUT2D eigenvalue weighted by atomic mass is 16.5. The summed E-state index contributed by atoms with van der Waals surface area (Å²) < 4.78 is 4.51. The summed E-state index contributed by atoms with van der Waals surface area (Å²) >= 11 is 0. The fraction of sp³-hybridized carbons (Fsp3) is 0.846. The van der Waals surface area contributed by atoms with Crippen LogP contribution in [-0.4, -0.2) is 32.1 Å². The van der Waals surface area contributed by atoms with Crippen molar-refractivity contribution in [2.45, 2.75) is 45.4 Å². The normalized spacial score (nSPS) is 11.9. The Kier molecular flexibility index (Phi) is 10.3. The molecule has 3 N–H and O–H groups in total. The monoisotopic (exact) mass is 258 g/mol. The van der Waals surface area contributed by atoms with E-state index >= 15 is 0 Å². The van der Waals surface area contributed by atoms with E-state index in [2.05, 4.69) is 17.0 Å². The molecule has 0 aliphatic carbocycles. The first-order chi connectivity index (χ1) is 8.63. The zero-order valence-corrected chi connectivity index (χ0v) is 11.5. The summed E-state index contributed by atoms with van der Waals surface area (Å²) in [5, 5.41) is 2.81. The van der Waals surface area contributed by atoms with E-state index in [0.717, 1.165) is 19.3 Å². The van der Waals surface area contributed by atoms with Crippen molar-refractivity contribution >= 4 is 11.9 Å². The maximum Gasteiger partial charge on any atom is 0.305 e. The van der Waals surface area contributed by atoms with Gasteiger partial charge in [-0.3, -0.25) is 9.59 Å². The van der Waals surface area contributed by atoms with E-state index in [1.807, 2.05) is 0 Å². The van der Waals surface area contributed by atoms with E-state index in [9.17, 15) is 9.59 Å². The van der Waals surface area contributed by atoms with Gasteiger partial charge in [0.25, 0.3) is 0 Å². The SMILES string of the molecule is CCC(CCN)CCC(=O)NCCCC(=O)OC. The second kappa shape index (κ2) is 11.0. The fourth-order valence-electron chi connectivity index (χ4n) is 1.77. The molecule has 5 nitrogen and oxygen atoms in total. The largest absolute Gasteiger partial charge is 0.469 e. The molecule has 0 heterocycles. The molecule has 0 fully saturated rings. The van der Waals surface area contributed by atoms with Gasteiger partial charge in [0.15, 0.2) is 0 Å². The van der Waals surface area contributed by atoms with Crippen molar-refractivity contribution in [2.75, 3.05) is 20.2 Å². The molecule has 0 aromatic heterocycles. The summed E-state index contributed by atoms with van der Waals surface area (Å²) in [5.74, 6) is 0.351. The number of esters is 1. The number of methoxy groups -OCH3 is 1. The molecule has 1 atom stereocenters. The summed E-state index contributed by atoms with van der Waals surface area (Å²) in [5.41, 5.74) is 5.51. The lowest BCUT2D eigenvalue weighted by molar-refractivity contribution is -0.140. The van der Waals surface area contributed by atoms with Crippen LogP contribution in [0.25, 0.3) is 0 Å². The van der Waals surface area contributed by atoms with Crippen LogP contribution in [0.2, 0.25) is 0 Å². The number of carbonyl (C=O) groups is 2. The van der Waals surface area contributed by atoms with Crippen LogP contribution in [0.3, 0.4) is 0 Å². The second-order valence-corrected chi connectivity index (χ2v) is 4.42. The topological polar surface area (TPSA) is 81.4 Å². The van der Waals surface area contributed by atoms with Crippen molar-refractivity contribution in [1.29, 1.82) is 0 Å². The first kappa shape index (κ1) is 16.9. The number of nitrogens with two attached hydrogens (primary N) is 1. The van der Waals surface area contributed by atoms with Gasteiger partial charge in [0.1, 0.15) is 0 Å². The smallest absolute Gasteiger partial charge is 0.305 e. The zero-order chi connectivity index (χ0) is 13.8. The van der Waals surface area contributed by atoms with Gasteiger partial charge in [0.05, 0.1) is 7.11 Å². The van der Waals surface area contributed by atoms with Crippen LogP contribution < -0.4 is 11.1 Å². The summed E-state index contributed by atoms with van der Waals surface area (Å²) in [6.45, 7) is 3.33. The Balaban J connectivity index is 3.56. The molecule has 0 radical (unpaired) electrons. The van der Waals surface area contributed by atoms with Crippen LogP contribution in [0.15, 0.2) is 0 Å². The minimum atomic E-state index is -0.238. The summed E-state index contributed by atoms with van der Waals surface area (Å²) in [6, 6.07) is 0. The third-order valence-corrected chi connectivity index (χ3v) is 3.04. The molecule has 106 valence electrons. The molecule has 0 saturated heterocycles. The quantitative estimate of drug-likeness (QED) is 0.456. The Hall–Kier alpha value is -1.10. The third-order valence-electron chi connectivity index (χ3n) is 3.04. The molecule has 0 aliphatic rings. The van der Waals surface area contributed by atoms with E-state index < -0.39 is 0 Å². The molecule has 0 aliphatic heterocycles. The molecule has 0 aromatic carbocycles. The van der Waals surface area contributed by atoms with Crippen LogP contribution in [0, 0.1) is 5.92 Å². The Morgan fingerprint density at radius 1 is 1.28 bits per heavy atom. The molecule has 0 aromatic rings. The van der Waals surface area contributed by atoms with Crippen molar-refractivity contribution in [3.63, 3.8) is 0 Å². The minimum Gasteiger partial charge on any atom is -0.469 e. The molecule has 18 heavy (non-hydrogen) atoms. The number of amides is 1. The van der Waals surface area contributed by atoms with Gasteiger partial charge in [0, 0.05) is 19.4 Å². The number of hydrogen-bond donors (Lipinski definition) is 2. The first-order valence-electron chi connectivity index (χ1n) is 6.67. The zero-order valence-electron chi connectivity index (χ0n) is 11.5. The molecular formula is C13H26N2O3. The number of hydrogen-bond acceptors (Lipinski definition) is 4. The highest BCUT2D eigenvalue weighted by molar-refractivity contribution is 5.75. The molecule has 0 spiro atoms. The average Bonchev–Trinajstić information content (AvgIpc) is 2.39. The van der Waals surface area contributed by atoms with Crippen molar-refractivity contribution in [1.82, 2.24) is 5.32 Å². The number of carbonyl (C=O) groups excluding carboxylic acids is 2. The Labute approximate surface area is 109 Å². The molecule has 0 bridgehead atoms. The Morgan fingerprint density at radius 2 is 2.00 bits per heavy atom. The number of rotatable bonds is 10. The maximum atomic E-state index is 11.5. The summed E-state index contributed by atoms with van der Waals surface area (Å²) in [6.07, 6.45) is 4.44. The lowest BCUT2D eigenvalue weighted by Gasteiger charge is -2.13. The van der Waals surface area contributed by atoms with Crippen molar-refractivity contribution in [3.8, 4) is 0 Å². The van der Waals surface area contributed by atoms with E-state index in [1.165, 1.54) is 7.11 Å². The van der Waals surface area contributed by atoms with Gasteiger partial charge in [-0.05, 0) is 31.7 Å². The van der Waals surface area contributed by atoms with Crippen molar-refractivity contribution in [3.05, 3.63) is 0 Å². The maximum absolute atomic E-state index is 11.5. The molecule has 1 unspecified atom stereocenters. The van der Waals surface area contributed by atoms with E-state index in [4.69, 9.17) is 5.73 Å². The molecule has 5 heteroatoms. The van der Waals surface area contributed by atoms with Gasteiger partial charge in [-0.1, -0.05) is 13.3 Å². The van der Waals surface area contributed by atoms with Gasteiger partial charge in [-0.15, -0.1) is 0 Å². The van der Waals surface area contributed by atoms with Gasteiger partial charge in [0.2, 0.25) is 5.91 Å². The molecule has 0 rings (SSSR count). The Morgan fingerprint density at radius 3 is 2.56 bits per heavy atom. The minimum absolute atomic E-state index is 0.0512. The van der Waals surface area contributed by atoms with Crippen molar-refractivity contribution < 1.29 is 14.3 Å². The molecular weight excluding hydrogens is 232 g/mol. The lowest BCUT2D eigenvalue weighted by Crippen LogP contribution is -2.25. The third kappa shape index (κ3) is 8.98. The molecule has 1 amide bonds. The summed E-state index contributed by atoms with van der Waals surface area (Å²) in [7, 11) is 1.36. The summed E-state index contributed by atoms with van der Waals surface area (Å²) in [4.78, 5) is 22.4. The van der Waals surface area contributed by atoms with Gasteiger partial charge in [-0.25, -0.2) is 0 Å². The Bertz CT molecular complexity index is 244. The van der Waals surface area contributed by atoms with E-state index in [0.29, 0.717) is 38.3 Å². The van der Waals surface area contributed by atoms with Crippen LogP contribution >= 0.6 is 0 Å². The highest BCUT2D eigenvalue weighted by Gasteiger charge is 2.08. The predicted molar refractivity (Wildman–Crippen MR) is 70.9 cm³/mol. The van der Waals surface area contributed by atoms with Crippen LogP contribution in [0.5, 0.6) is 0 Å².